The highest BCUT2D eigenvalue weighted by Gasteiger charge is 2.30. The Morgan fingerprint density at radius 2 is 2.05 bits per heavy atom. The third-order valence-corrected chi connectivity index (χ3v) is 2.74. The molecule has 102 valence electrons. The number of hydrogen-bond donors (Lipinski definition) is 0. The molecule has 1 atom stereocenters. The van der Waals surface area contributed by atoms with Crippen LogP contribution in [0.25, 0.3) is 5.69 Å². The van der Waals surface area contributed by atoms with Gasteiger partial charge in [-0.05, 0) is 25.1 Å². The van der Waals surface area contributed by atoms with Gasteiger partial charge in [-0.25, -0.2) is 0 Å². The zero-order valence-electron chi connectivity index (χ0n) is 10.3. The van der Waals surface area contributed by atoms with Crippen molar-refractivity contribution >= 4 is 0 Å². The summed E-state index contributed by atoms with van der Waals surface area (Å²) in [5.41, 5.74) is -0.367. The second-order valence-electron chi connectivity index (χ2n) is 3.99. The summed E-state index contributed by atoms with van der Waals surface area (Å²) in [6.45, 7) is 1.74. The second kappa shape index (κ2) is 5.00. The van der Waals surface area contributed by atoms with Crippen LogP contribution in [0.15, 0.2) is 30.6 Å². The lowest BCUT2D eigenvalue weighted by molar-refractivity contribution is -0.137. The minimum absolute atomic E-state index is 0.346. The van der Waals surface area contributed by atoms with Crippen LogP contribution >= 0.6 is 0 Å². The Bertz CT molecular complexity index is 565. The molecule has 4 nitrogen and oxygen atoms in total. The highest BCUT2D eigenvalue weighted by atomic mass is 19.4. The molecule has 0 spiro atoms. The molecule has 0 aliphatic rings. The van der Waals surface area contributed by atoms with E-state index in [-0.39, 0.29) is 6.10 Å². The maximum Gasteiger partial charge on any atom is 0.416 e. The molecule has 1 heterocycles. The minimum atomic E-state index is -4.38. The molecular weight excluding hydrogens is 259 g/mol. The number of aromatic nitrogens is 3. The molecule has 0 aliphatic heterocycles. The molecule has 0 fully saturated rings. The van der Waals surface area contributed by atoms with Gasteiger partial charge in [0, 0.05) is 12.8 Å². The number of methoxy groups -OCH3 is 1. The average molecular weight is 271 g/mol. The normalized spacial score (nSPS) is 13.5. The topological polar surface area (TPSA) is 39.9 Å². The first-order valence-corrected chi connectivity index (χ1v) is 5.54. The number of benzene rings is 1. The fourth-order valence-electron chi connectivity index (χ4n) is 1.66. The first-order chi connectivity index (χ1) is 8.93. The lowest BCUT2D eigenvalue weighted by Gasteiger charge is -2.13. The Labute approximate surface area is 107 Å². The Morgan fingerprint density at radius 1 is 1.32 bits per heavy atom. The van der Waals surface area contributed by atoms with Gasteiger partial charge in [0.15, 0.2) is 5.82 Å². The molecule has 0 saturated carbocycles. The second-order valence-corrected chi connectivity index (χ2v) is 3.99. The zero-order valence-corrected chi connectivity index (χ0v) is 10.3. The quantitative estimate of drug-likeness (QED) is 0.861. The molecule has 0 N–H and O–H groups in total. The highest BCUT2D eigenvalue weighted by molar-refractivity contribution is 5.37. The molecule has 0 aliphatic carbocycles. The predicted octanol–water partition coefficient (Wildman–Crippen LogP) is 2.99. The van der Waals surface area contributed by atoms with Gasteiger partial charge in [0.1, 0.15) is 12.4 Å². The third kappa shape index (κ3) is 2.76. The van der Waals surface area contributed by atoms with Gasteiger partial charge in [0.25, 0.3) is 0 Å². The molecule has 0 amide bonds. The van der Waals surface area contributed by atoms with Crippen molar-refractivity contribution in [1.82, 2.24) is 14.8 Å². The monoisotopic (exact) mass is 271 g/mol. The number of rotatable bonds is 3. The van der Waals surface area contributed by atoms with Gasteiger partial charge in [-0.3, -0.25) is 4.57 Å². The minimum Gasteiger partial charge on any atom is -0.374 e. The fourth-order valence-corrected chi connectivity index (χ4v) is 1.66. The molecule has 0 saturated heterocycles. The van der Waals surface area contributed by atoms with E-state index >= 15 is 0 Å². The molecule has 7 heteroatoms. The van der Waals surface area contributed by atoms with E-state index in [1.54, 1.807) is 13.0 Å². The summed E-state index contributed by atoms with van der Waals surface area (Å²) in [4.78, 5) is 0. The van der Waals surface area contributed by atoms with Crippen LogP contribution in [0.5, 0.6) is 0 Å². The summed E-state index contributed by atoms with van der Waals surface area (Å²) >= 11 is 0. The van der Waals surface area contributed by atoms with E-state index in [4.69, 9.17) is 4.74 Å². The molecule has 19 heavy (non-hydrogen) atoms. The Balaban J connectivity index is 2.46. The molecular formula is C12H12F3N3O. The number of alkyl halides is 3. The Hall–Kier alpha value is -1.89. The highest BCUT2D eigenvalue weighted by Crippen LogP contribution is 2.30. The van der Waals surface area contributed by atoms with Crippen molar-refractivity contribution in [2.24, 2.45) is 0 Å². The van der Waals surface area contributed by atoms with Crippen molar-refractivity contribution in [1.29, 1.82) is 0 Å². The zero-order chi connectivity index (χ0) is 14.0. The van der Waals surface area contributed by atoms with Crippen LogP contribution < -0.4 is 0 Å². The van der Waals surface area contributed by atoms with Crippen molar-refractivity contribution < 1.29 is 17.9 Å². The number of hydrogen-bond acceptors (Lipinski definition) is 3. The van der Waals surface area contributed by atoms with Crippen molar-refractivity contribution in [3.8, 4) is 5.69 Å². The van der Waals surface area contributed by atoms with E-state index in [2.05, 4.69) is 10.2 Å². The fraction of sp³-hybridized carbons (Fsp3) is 0.333. The number of nitrogens with zero attached hydrogens (tertiary/aromatic N) is 3. The van der Waals surface area contributed by atoms with Crippen LogP contribution in [0.3, 0.4) is 0 Å². The van der Waals surface area contributed by atoms with Crippen LogP contribution in [-0.4, -0.2) is 21.9 Å². The van der Waals surface area contributed by atoms with Crippen LogP contribution in [0.4, 0.5) is 13.2 Å². The summed E-state index contributed by atoms with van der Waals surface area (Å²) in [6, 6.07) is 4.98. The Morgan fingerprint density at radius 3 is 2.68 bits per heavy atom. The summed E-state index contributed by atoms with van der Waals surface area (Å²) in [6.07, 6.45) is -3.38. The first kappa shape index (κ1) is 13.5. The van der Waals surface area contributed by atoms with Crippen LogP contribution in [0.2, 0.25) is 0 Å². The molecule has 2 aromatic rings. The molecule has 0 bridgehead atoms. The average Bonchev–Trinajstić information content (AvgIpc) is 2.86. The smallest absolute Gasteiger partial charge is 0.374 e. The maximum absolute atomic E-state index is 12.7. The van der Waals surface area contributed by atoms with Crippen LogP contribution in [0, 0.1) is 0 Å². The van der Waals surface area contributed by atoms with Gasteiger partial charge < -0.3 is 4.74 Å². The van der Waals surface area contributed by atoms with Crippen molar-refractivity contribution in [2.45, 2.75) is 19.2 Å². The van der Waals surface area contributed by atoms with Gasteiger partial charge >= 0.3 is 6.18 Å². The van der Waals surface area contributed by atoms with E-state index in [0.29, 0.717) is 11.5 Å². The predicted molar refractivity (Wildman–Crippen MR) is 61.8 cm³/mol. The van der Waals surface area contributed by atoms with Gasteiger partial charge in [-0.15, -0.1) is 10.2 Å². The van der Waals surface area contributed by atoms with E-state index in [9.17, 15) is 13.2 Å². The Kier molecular flexibility index (Phi) is 3.57. The largest absolute Gasteiger partial charge is 0.416 e. The van der Waals surface area contributed by atoms with E-state index < -0.39 is 11.7 Å². The van der Waals surface area contributed by atoms with E-state index in [0.717, 1.165) is 12.1 Å². The standard InChI is InChI=1S/C12H12F3N3O/c1-8(19-2)11-17-16-7-18(11)10-5-3-4-9(6-10)12(13,14)15/h3-8H,1-2H3/t8-/m1/s1. The molecule has 1 aromatic carbocycles. The first-order valence-electron chi connectivity index (χ1n) is 5.54. The van der Waals surface area contributed by atoms with E-state index in [1.807, 2.05) is 0 Å². The van der Waals surface area contributed by atoms with Crippen molar-refractivity contribution in [3.63, 3.8) is 0 Å². The van der Waals surface area contributed by atoms with Crippen molar-refractivity contribution in [2.75, 3.05) is 7.11 Å². The van der Waals surface area contributed by atoms with Crippen LogP contribution in [-0.2, 0) is 10.9 Å². The lowest BCUT2D eigenvalue weighted by atomic mass is 10.2. The van der Waals surface area contributed by atoms with Gasteiger partial charge in [0.05, 0.1) is 5.56 Å². The number of ether oxygens (including phenoxy) is 1. The maximum atomic E-state index is 12.7. The van der Waals surface area contributed by atoms with Gasteiger partial charge in [-0.1, -0.05) is 6.07 Å². The van der Waals surface area contributed by atoms with E-state index in [1.165, 1.54) is 24.1 Å². The summed E-state index contributed by atoms with van der Waals surface area (Å²) in [5.74, 6) is 0.446. The number of halogens is 3. The summed E-state index contributed by atoms with van der Waals surface area (Å²) < 4.78 is 44.6. The summed E-state index contributed by atoms with van der Waals surface area (Å²) in [7, 11) is 1.50. The third-order valence-electron chi connectivity index (χ3n) is 2.74. The molecule has 0 radical (unpaired) electrons. The SMILES string of the molecule is CO[C@H](C)c1nncn1-c1cccc(C(F)(F)F)c1. The molecule has 2 rings (SSSR count). The van der Waals surface area contributed by atoms with Crippen LogP contribution in [0.1, 0.15) is 24.4 Å². The van der Waals surface area contributed by atoms with Gasteiger partial charge in [-0.2, -0.15) is 13.2 Å². The summed E-state index contributed by atoms with van der Waals surface area (Å²) in [5, 5.41) is 7.57. The van der Waals surface area contributed by atoms with Crippen molar-refractivity contribution in [3.05, 3.63) is 42.0 Å². The lowest BCUT2D eigenvalue weighted by Crippen LogP contribution is -2.09. The molecule has 1 aromatic heterocycles. The van der Waals surface area contributed by atoms with Gasteiger partial charge in [0.2, 0.25) is 0 Å². The molecule has 0 unspecified atom stereocenters.